The third-order valence-corrected chi connectivity index (χ3v) is 2.95. The lowest BCUT2D eigenvalue weighted by molar-refractivity contribution is -0.118. The van der Waals surface area contributed by atoms with Crippen LogP contribution in [0.5, 0.6) is 5.75 Å². The van der Waals surface area contributed by atoms with Crippen LogP contribution in [0.4, 0.5) is 10.1 Å². The number of para-hydroxylation sites is 2. The number of nitrogens with one attached hydrogen (secondary N) is 1. The molecule has 5 heteroatoms. The molecule has 0 unspecified atom stereocenters. The molecule has 2 aromatic carbocycles. The Labute approximate surface area is 128 Å². The highest BCUT2D eigenvalue weighted by atomic mass is 19.1. The highest BCUT2D eigenvalue weighted by molar-refractivity contribution is 5.92. The second-order valence-electron chi connectivity index (χ2n) is 4.56. The molecule has 0 radical (unpaired) electrons. The van der Waals surface area contributed by atoms with Crippen molar-refractivity contribution in [2.75, 3.05) is 18.5 Å². The molecule has 0 saturated heterocycles. The Morgan fingerprint density at radius 2 is 1.86 bits per heavy atom. The number of carbonyl (C=O) groups excluding carboxylic acids is 1. The highest BCUT2D eigenvalue weighted by Crippen LogP contribution is 2.17. The number of ether oxygens (including phenoxy) is 2. The van der Waals surface area contributed by atoms with E-state index in [9.17, 15) is 9.18 Å². The van der Waals surface area contributed by atoms with Gasteiger partial charge in [0.05, 0.1) is 6.61 Å². The highest BCUT2D eigenvalue weighted by Gasteiger charge is 2.09. The van der Waals surface area contributed by atoms with Gasteiger partial charge in [-0.25, -0.2) is 4.39 Å². The fourth-order valence-corrected chi connectivity index (χ4v) is 1.87. The number of anilines is 1. The van der Waals surface area contributed by atoms with Gasteiger partial charge in [0.2, 0.25) is 0 Å². The molecular formula is C17H18FNO3. The third kappa shape index (κ3) is 4.56. The molecular weight excluding hydrogens is 285 g/mol. The predicted octanol–water partition coefficient (Wildman–Crippen LogP) is 3.38. The van der Waals surface area contributed by atoms with E-state index in [1.165, 1.54) is 12.1 Å². The van der Waals surface area contributed by atoms with Crippen LogP contribution in [-0.2, 0) is 16.1 Å². The maximum absolute atomic E-state index is 13.4. The lowest BCUT2D eigenvalue weighted by atomic mass is 10.2. The molecule has 0 aromatic heterocycles. The van der Waals surface area contributed by atoms with Crippen LogP contribution < -0.4 is 10.1 Å². The Bertz CT molecular complexity index is 631. The van der Waals surface area contributed by atoms with Gasteiger partial charge in [0.1, 0.15) is 0 Å². The molecule has 0 heterocycles. The fraction of sp³-hybridized carbons (Fsp3) is 0.235. The van der Waals surface area contributed by atoms with Crippen molar-refractivity contribution in [2.45, 2.75) is 13.5 Å². The van der Waals surface area contributed by atoms with E-state index in [0.29, 0.717) is 18.9 Å². The summed E-state index contributed by atoms with van der Waals surface area (Å²) in [6.45, 7) is 2.66. The number of carbonyl (C=O) groups is 1. The first-order valence-electron chi connectivity index (χ1n) is 7.03. The molecule has 0 aliphatic rings. The Morgan fingerprint density at radius 1 is 1.14 bits per heavy atom. The molecule has 2 aromatic rings. The largest absolute Gasteiger partial charge is 0.481 e. The van der Waals surface area contributed by atoms with Gasteiger partial charge in [0, 0.05) is 17.9 Å². The Morgan fingerprint density at radius 3 is 2.64 bits per heavy atom. The summed E-state index contributed by atoms with van der Waals surface area (Å²) in [5.74, 6) is -0.792. The first-order valence-corrected chi connectivity index (χ1v) is 7.03. The minimum Gasteiger partial charge on any atom is -0.481 e. The standard InChI is InChI=1S/C17H18FNO3/c1-2-21-11-13-7-3-5-9-15(13)19-17(20)12-22-16-10-6-4-8-14(16)18/h3-10H,2,11-12H2,1H3,(H,19,20). The van der Waals surface area contributed by atoms with E-state index in [1.807, 2.05) is 25.1 Å². The second-order valence-corrected chi connectivity index (χ2v) is 4.56. The van der Waals surface area contributed by atoms with E-state index in [1.54, 1.807) is 18.2 Å². The molecule has 4 nitrogen and oxygen atoms in total. The van der Waals surface area contributed by atoms with E-state index in [2.05, 4.69) is 5.32 Å². The molecule has 0 aliphatic carbocycles. The Hall–Kier alpha value is -2.40. The van der Waals surface area contributed by atoms with Gasteiger partial charge in [0.25, 0.3) is 5.91 Å². The molecule has 0 spiro atoms. The number of halogens is 1. The van der Waals surface area contributed by atoms with Crippen LogP contribution in [0.25, 0.3) is 0 Å². The van der Waals surface area contributed by atoms with Crippen molar-refractivity contribution >= 4 is 11.6 Å². The molecule has 0 atom stereocenters. The first-order chi connectivity index (χ1) is 10.7. The molecule has 22 heavy (non-hydrogen) atoms. The summed E-state index contributed by atoms with van der Waals surface area (Å²) in [5.41, 5.74) is 1.54. The van der Waals surface area contributed by atoms with Gasteiger partial charge in [-0.05, 0) is 25.1 Å². The van der Waals surface area contributed by atoms with Crippen LogP contribution in [0, 0.1) is 5.82 Å². The van der Waals surface area contributed by atoms with Crippen LogP contribution >= 0.6 is 0 Å². The van der Waals surface area contributed by atoms with E-state index >= 15 is 0 Å². The summed E-state index contributed by atoms with van der Waals surface area (Å²) in [7, 11) is 0. The third-order valence-electron chi connectivity index (χ3n) is 2.95. The summed E-state index contributed by atoms with van der Waals surface area (Å²) in [5, 5.41) is 2.74. The van der Waals surface area contributed by atoms with Gasteiger partial charge in [0.15, 0.2) is 18.2 Å². The monoisotopic (exact) mass is 303 g/mol. The molecule has 116 valence electrons. The number of benzene rings is 2. The van der Waals surface area contributed by atoms with Crippen molar-refractivity contribution in [1.82, 2.24) is 0 Å². The van der Waals surface area contributed by atoms with E-state index in [0.717, 1.165) is 5.56 Å². The van der Waals surface area contributed by atoms with Crippen molar-refractivity contribution in [3.63, 3.8) is 0 Å². The van der Waals surface area contributed by atoms with Crippen LogP contribution in [0.3, 0.4) is 0 Å². The van der Waals surface area contributed by atoms with E-state index in [4.69, 9.17) is 9.47 Å². The van der Waals surface area contributed by atoms with Gasteiger partial charge < -0.3 is 14.8 Å². The van der Waals surface area contributed by atoms with Crippen molar-refractivity contribution in [3.05, 3.63) is 59.9 Å². The summed E-state index contributed by atoms with van der Waals surface area (Å²) >= 11 is 0. The molecule has 0 fully saturated rings. The zero-order valence-electron chi connectivity index (χ0n) is 12.3. The summed E-state index contributed by atoms with van der Waals surface area (Å²) in [6.07, 6.45) is 0. The lowest BCUT2D eigenvalue weighted by Gasteiger charge is -2.12. The maximum Gasteiger partial charge on any atom is 0.262 e. The second kappa shape index (κ2) is 8.14. The first kappa shape index (κ1) is 16.0. The van der Waals surface area contributed by atoms with Gasteiger partial charge in [-0.2, -0.15) is 0 Å². The molecule has 1 N–H and O–H groups in total. The molecule has 2 rings (SSSR count). The molecule has 0 saturated carbocycles. The quantitative estimate of drug-likeness (QED) is 0.853. The van der Waals surface area contributed by atoms with Crippen molar-refractivity contribution < 1.29 is 18.7 Å². The number of hydrogen-bond donors (Lipinski definition) is 1. The summed E-state index contributed by atoms with van der Waals surface area (Å²) in [6, 6.07) is 13.3. The van der Waals surface area contributed by atoms with Gasteiger partial charge >= 0.3 is 0 Å². The van der Waals surface area contributed by atoms with Crippen molar-refractivity contribution in [2.24, 2.45) is 0 Å². The molecule has 0 bridgehead atoms. The number of rotatable bonds is 7. The SMILES string of the molecule is CCOCc1ccccc1NC(=O)COc1ccccc1F. The predicted molar refractivity (Wildman–Crippen MR) is 82.3 cm³/mol. The van der Waals surface area contributed by atoms with E-state index in [-0.39, 0.29) is 18.3 Å². The normalized spacial score (nSPS) is 10.3. The topological polar surface area (TPSA) is 47.6 Å². The lowest BCUT2D eigenvalue weighted by Crippen LogP contribution is -2.21. The average Bonchev–Trinajstić information content (AvgIpc) is 2.53. The van der Waals surface area contributed by atoms with Gasteiger partial charge in [-0.3, -0.25) is 4.79 Å². The smallest absolute Gasteiger partial charge is 0.262 e. The fourth-order valence-electron chi connectivity index (χ4n) is 1.87. The Balaban J connectivity index is 1.93. The van der Waals surface area contributed by atoms with E-state index < -0.39 is 5.82 Å². The number of hydrogen-bond acceptors (Lipinski definition) is 3. The van der Waals surface area contributed by atoms with Crippen LogP contribution in [0.1, 0.15) is 12.5 Å². The minimum atomic E-state index is -0.493. The zero-order chi connectivity index (χ0) is 15.8. The van der Waals surface area contributed by atoms with Crippen LogP contribution in [-0.4, -0.2) is 19.1 Å². The molecule has 0 aliphatic heterocycles. The summed E-state index contributed by atoms with van der Waals surface area (Å²) < 4.78 is 23.9. The summed E-state index contributed by atoms with van der Waals surface area (Å²) in [4.78, 5) is 11.9. The van der Waals surface area contributed by atoms with Crippen molar-refractivity contribution in [1.29, 1.82) is 0 Å². The minimum absolute atomic E-state index is 0.0558. The van der Waals surface area contributed by atoms with Gasteiger partial charge in [-0.1, -0.05) is 30.3 Å². The Kier molecular flexibility index (Phi) is 5.91. The maximum atomic E-state index is 13.4. The zero-order valence-corrected chi connectivity index (χ0v) is 12.3. The number of amides is 1. The van der Waals surface area contributed by atoms with Gasteiger partial charge in [-0.15, -0.1) is 0 Å². The average molecular weight is 303 g/mol. The van der Waals surface area contributed by atoms with Crippen molar-refractivity contribution in [3.8, 4) is 5.75 Å². The molecule has 1 amide bonds. The van der Waals surface area contributed by atoms with Crippen LogP contribution in [0.15, 0.2) is 48.5 Å². The van der Waals surface area contributed by atoms with Crippen LogP contribution in [0.2, 0.25) is 0 Å².